The third-order valence-corrected chi connectivity index (χ3v) is 3.69. The number of carbonyl (C=O) groups is 1. The van der Waals surface area contributed by atoms with Gasteiger partial charge in [-0.05, 0) is 37.9 Å². The number of likely N-dealkylation sites (tertiary alicyclic amines) is 1. The first-order chi connectivity index (χ1) is 9.15. The Morgan fingerprint density at radius 3 is 2.84 bits per heavy atom. The van der Waals surface area contributed by atoms with Gasteiger partial charge in [0, 0.05) is 13.1 Å². The van der Waals surface area contributed by atoms with Crippen molar-refractivity contribution in [2.75, 3.05) is 26.7 Å². The maximum absolute atomic E-state index is 11.9. The van der Waals surface area contributed by atoms with E-state index < -0.39 is 6.04 Å². The highest BCUT2D eigenvalue weighted by atomic mass is 16.2. The maximum atomic E-state index is 11.9. The van der Waals surface area contributed by atoms with Crippen LogP contribution in [0.2, 0.25) is 0 Å². The van der Waals surface area contributed by atoms with Crippen LogP contribution in [0.5, 0.6) is 0 Å². The fraction of sp³-hybridized carbons (Fsp3) is 0.533. The van der Waals surface area contributed by atoms with Gasteiger partial charge in [-0.3, -0.25) is 4.79 Å². The molecule has 104 valence electrons. The number of benzene rings is 1. The lowest BCUT2D eigenvalue weighted by Gasteiger charge is -2.15. The van der Waals surface area contributed by atoms with E-state index in [9.17, 15) is 4.79 Å². The van der Waals surface area contributed by atoms with Gasteiger partial charge in [0.25, 0.3) is 0 Å². The van der Waals surface area contributed by atoms with Crippen LogP contribution >= 0.6 is 0 Å². The standard InChI is InChI=1S/C15H23N3O/c1-18-8-7-13(11-18)10-17-15(19)14(16)9-12-5-3-2-4-6-12/h2-6,13-14H,7-11,16H2,1H3,(H,17,19)/t13?,14-/m0/s1. The average Bonchev–Trinajstić information content (AvgIpc) is 2.83. The van der Waals surface area contributed by atoms with Gasteiger partial charge in [0.1, 0.15) is 0 Å². The zero-order valence-corrected chi connectivity index (χ0v) is 11.5. The molecule has 2 rings (SSSR count). The van der Waals surface area contributed by atoms with Crippen LogP contribution in [0.3, 0.4) is 0 Å². The van der Waals surface area contributed by atoms with Gasteiger partial charge < -0.3 is 16.0 Å². The number of hydrogen-bond donors (Lipinski definition) is 2. The van der Waals surface area contributed by atoms with Crippen LogP contribution in [-0.2, 0) is 11.2 Å². The minimum Gasteiger partial charge on any atom is -0.354 e. The number of hydrogen-bond acceptors (Lipinski definition) is 3. The van der Waals surface area contributed by atoms with Gasteiger partial charge in [-0.15, -0.1) is 0 Å². The Hall–Kier alpha value is -1.39. The topological polar surface area (TPSA) is 58.4 Å². The summed E-state index contributed by atoms with van der Waals surface area (Å²) in [5.41, 5.74) is 7.04. The Morgan fingerprint density at radius 2 is 2.21 bits per heavy atom. The third kappa shape index (κ3) is 4.33. The molecule has 0 bridgehead atoms. The highest BCUT2D eigenvalue weighted by molar-refractivity contribution is 5.81. The summed E-state index contributed by atoms with van der Waals surface area (Å²) in [6, 6.07) is 9.44. The summed E-state index contributed by atoms with van der Waals surface area (Å²) >= 11 is 0. The molecule has 0 spiro atoms. The summed E-state index contributed by atoms with van der Waals surface area (Å²) in [5.74, 6) is 0.524. The van der Waals surface area contributed by atoms with Crippen molar-refractivity contribution in [1.29, 1.82) is 0 Å². The van der Waals surface area contributed by atoms with E-state index in [2.05, 4.69) is 17.3 Å². The highest BCUT2D eigenvalue weighted by Crippen LogP contribution is 2.12. The maximum Gasteiger partial charge on any atom is 0.237 e. The van der Waals surface area contributed by atoms with Crippen LogP contribution in [0.15, 0.2) is 30.3 Å². The van der Waals surface area contributed by atoms with Gasteiger partial charge in [0.05, 0.1) is 6.04 Å². The largest absolute Gasteiger partial charge is 0.354 e. The number of nitrogens with two attached hydrogens (primary N) is 1. The molecule has 1 aromatic carbocycles. The van der Waals surface area contributed by atoms with Crippen molar-refractivity contribution in [2.45, 2.75) is 18.9 Å². The summed E-state index contributed by atoms with van der Waals surface area (Å²) < 4.78 is 0. The molecule has 1 fully saturated rings. The Bertz CT molecular complexity index is 407. The zero-order chi connectivity index (χ0) is 13.7. The Balaban J connectivity index is 1.73. The Labute approximate surface area is 115 Å². The number of amides is 1. The van der Waals surface area contributed by atoms with Crippen molar-refractivity contribution < 1.29 is 4.79 Å². The molecule has 1 saturated heterocycles. The van der Waals surface area contributed by atoms with Crippen molar-refractivity contribution in [1.82, 2.24) is 10.2 Å². The molecule has 1 heterocycles. The molecular formula is C15H23N3O. The smallest absolute Gasteiger partial charge is 0.237 e. The molecule has 4 heteroatoms. The van der Waals surface area contributed by atoms with Gasteiger partial charge in [0.2, 0.25) is 5.91 Å². The van der Waals surface area contributed by atoms with E-state index >= 15 is 0 Å². The van der Waals surface area contributed by atoms with Crippen LogP contribution in [0.25, 0.3) is 0 Å². The second-order valence-corrected chi connectivity index (χ2v) is 5.46. The van der Waals surface area contributed by atoms with Crippen molar-refractivity contribution in [3.8, 4) is 0 Å². The van der Waals surface area contributed by atoms with E-state index in [1.807, 2.05) is 30.3 Å². The first kappa shape index (κ1) is 14.0. The average molecular weight is 261 g/mol. The predicted octanol–water partition coefficient (Wildman–Crippen LogP) is 0.624. The van der Waals surface area contributed by atoms with Crippen molar-refractivity contribution in [2.24, 2.45) is 11.7 Å². The fourth-order valence-electron chi connectivity index (χ4n) is 2.53. The molecule has 0 aromatic heterocycles. The lowest BCUT2D eigenvalue weighted by Crippen LogP contribution is -2.43. The van der Waals surface area contributed by atoms with E-state index in [0.29, 0.717) is 12.3 Å². The minimum absolute atomic E-state index is 0.0431. The van der Waals surface area contributed by atoms with E-state index in [0.717, 1.165) is 31.6 Å². The Kier molecular flexibility index (Phi) is 4.93. The Morgan fingerprint density at radius 1 is 1.47 bits per heavy atom. The van der Waals surface area contributed by atoms with Crippen molar-refractivity contribution in [3.05, 3.63) is 35.9 Å². The second-order valence-electron chi connectivity index (χ2n) is 5.46. The lowest BCUT2D eigenvalue weighted by molar-refractivity contribution is -0.122. The predicted molar refractivity (Wildman–Crippen MR) is 76.7 cm³/mol. The minimum atomic E-state index is -0.457. The number of nitrogens with zero attached hydrogens (tertiary/aromatic N) is 1. The number of carbonyl (C=O) groups excluding carboxylic acids is 1. The van der Waals surface area contributed by atoms with E-state index in [-0.39, 0.29) is 5.91 Å². The molecule has 1 unspecified atom stereocenters. The summed E-state index contributed by atoms with van der Waals surface area (Å²) in [5, 5.41) is 2.97. The summed E-state index contributed by atoms with van der Waals surface area (Å²) in [4.78, 5) is 14.2. The molecule has 3 N–H and O–H groups in total. The molecule has 0 saturated carbocycles. The molecule has 19 heavy (non-hydrogen) atoms. The molecular weight excluding hydrogens is 238 g/mol. The highest BCUT2D eigenvalue weighted by Gasteiger charge is 2.21. The van der Waals surface area contributed by atoms with Gasteiger partial charge in [-0.25, -0.2) is 0 Å². The first-order valence-electron chi connectivity index (χ1n) is 6.91. The van der Waals surface area contributed by atoms with Crippen LogP contribution in [0.4, 0.5) is 0 Å². The van der Waals surface area contributed by atoms with Crippen LogP contribution in [0, 0.1) is 5.92 Å². The molecule has 2 atom stereocenters. The van der Waals surface area contributed by atoms with Crippen LogP contribution in [0.1, 0.15) is 12.0 Å². The molecule has 0 aliphatic carbocycles. The zero-order valence-electron chi connectivity index (χ0n) is 11.5. The fourth-order valence-corrected chi connectivity index (χ4v) is 2.53. The van der Waals surface area contributed by atoms with Gasteiger partial charge in [-0.1, -0.05) is 30.3 Å². The summed E-state index contributed by atoms with van der Waals surface area (Å²) in [7, 11) is 2.11. The van der Waals surface area contributed by atoms with Gasteiger partial charge in [0.15, 0.2) is 0 Å². The molecule has 1 amide bonds. The van der Waals surface area contributed by atoms with Crippen LogP contribution < -0.4 is 11.1 Å². The molecule has 1 aliphatic heterocycles. The molecule has 0 radical (unpaired) electrons. The van der Waals surface area contributed by atoms with Gasteiger partial charge in [-0.2, -0.15) is 0 Å². The van der Waals surface area contributed by atoms with Crippen molar-refractivity contribution >= 4 is 5.91 Å². The summed E-state index contributed by atoms with van der Waals surface area (Å²) in [6.45, 7) is 2.93. The monoisotopic (exact) mass is 261 g/mol. The summed E-state index contributed by atoms with van der Waals surface area (Å²) in [6.07, 6.45) is 1.75. The van der Waals surface area contributed by atoms with E-state index in [1.165, 1.54) is 0 Å². The molecule has 1 aliphatic rings. The van der Waals surface area contributed by atoms with Crippen molar-refractivity contribution in [3.63, 3.8) is 0 Å². The quantitative estimate of drug-likeness (QED) is 0.817. The first-order valence-corrected chi connectivity index (χ1v) is 6.91. The van der Waals surface area contributed by atoms with E-state index in [4.69, 9.17) is 5.73 Å². The van der Waals surface area contributed by atoms with Gasteiger partial charge >= 0.3 is 0 Å². The number of nitrogens with one attached hydrogen (secondary N) is 1. The van der Waals surface area contributed by atoms with Crippen LogP contribution in [-0.4, -0.2) is 43.5 Å². The second kappa shape index (κ2) is 6.68. The normalized spacial score (nSPS) is 21.3. The third-order valence-electron chi connectivity index (χ3n) is 3.69. The molecule has 4 nitrogen and oxygen atoms in total. The lowest BCUT2D eigenvalue weighted by atomic mass is 10.1. The number of rotatable bonds is 5. The van der Waals surface area contributed by atoms with E-state index in [1.54, 1.807) is 0 Å². The molecule has 1 aromatic rings. The SMILES string of the molecule is CN1CCC(CNC(=O)[C@@H](N)Cc2ccccc2)C1.